The molecule has 1 aliphatic rings. The van der Waals surface area contributed by atoms with Crippen LogP contribution in [0.15, 0.2) is 42.5 Å². The number of ether oxygens (including phenoxy) is 4. The Balaban J connectivity index is 1.65. The molecule has 0 bridgehead atoms. The van der Waals surface area contributed by atoms with Gasteiger partial charge in [-0.25, -0.2) is 4.79 Å². The van der Waals surface area contributed by atoms with Crippen molar-refractivity contribution in [1.82, 2.24) is 9.80 Å². The van der Waals surface area contributed by atoms with Crippen LogP contribution in [0, 0.1) is 0 Å². The third-order valence-corrected chi connectivity index (χ3v) is 5.07. The van der Waals surface area contributed by atoms with Crippen molar-refractivity contribution in [3.05, 3.63) is 53.6 Å². The molecule has 1 heterocycles. The largest absolute Gasteiger partial charge is 0.497 e. The van der Waals surface area contributed by atoms with Gasteiger partial charge in [-0.2, -0.15) is 0 Å². The molecule has 166 valence electrons. The average molecular weight is 428 g/mol. The maximum absolute atomic E-state index is 13.0. The second kappa shape index (κ2) is 10.6. The monoisotopic (exact) mass is 428 g/mol. The van der Waals surface area contributed by atoms with E-state index in [4.69, 9.17) is 18.9 Å². The molecule has 2 aromatic rings. The molecular formula is C23H28N2O6. The van der Waals surface area contributed by atoms with Crippen LogP contribution in [0.25, 0.3) is 0 Å². The lowest BCUT2D eigenvalue weighted by atomic mass is 10.1. The van der Waals surface area contributed by atoms with E-state index in [9.17, 15) is 9.59 Å². The number of hydrogen-bond donors (Lipinski definition) is 0. The van der Waals surface area contributed by atoms with Crippen molar-refractivity contribution in [1.29, 1.82) is 0 Å². The molecule has 8 nitrogen and oxygen atoms in total. The number of carbonyl (C=O) groups is 2. The fourth-order valence-corrected chi connectivity index (χ4v) is 3.35. The first-order valence-corrected chi connectivity index (χ1v) is 10.2. The summed E-state index contributed by atoms with van der Waals surface area (Å²) in [5.41, 5.74) is 1.33. The lowest BCUT2D eigenvalue weighted by Crippen LogP contribution is -2.50. The highest BCUT2D eigenvalue weighted by Gasteiger charge is 2.26. The van der Waals surface area contributed by atoms with Gasteiger partial charge in [0.1, 0.15) is 23.9 Å². The first-order valence-electron chi connectivity index (χ1n) is 10.2. The number of methoxy groups -OCH3 is 2. The molecule has 0 N–H and O–H groups in total. The highest BCUT2D eigenvalue weighted by molar-refractivity contribution is 5.94. The minimum Gasteiger partial charge on any atom is -0.497 e. The van der Waals surface area contributed by atoms with Crippen molar-refractivity contribution < 1.29 is 28.5 Å². The lowest BCUT2D eigenvalue weighted by molar-refractivity contribution is 0.0570. The van der Waals surface area contributed by atoms with E-state index in [-0.39, 0.29) is 18.6 Å². The third-order valence-electron chi connectivity index (χ3n) is 5.07. The van der Waals surface area contributed by atoms with Gasteiger partial charge in [0.05, 0.1) is 20.8 Å². The van der Waals surface area contributed by atoms with Gasteiger partial charge in [-0.3, -0.25) is 4.79 Å². The number of benzene rings is 2. The topological polar surface area (TPSA) is 77.5 Å². The van der Waals surface area contributed by atoms with Gasteiger partial charge in [-0.1, -0.05) is 0 Å². The summed E-state index contributed by atoms with van der Waals surface area (Å²) in [5, 5.41) is 0. The SMILES string of the molecule is CCOC(=O)N1CCN(C(=O)c2ccc(OC)c(COc3ccc(OC)cc3)c2)CC1. The van der Waals surface area contributed by atoms with Crippen molar-refractivity contribution in [2.45, 2.75) is 13.5 Å². The van der Waals surface area contributed by atoms with Gasteiger partial charge in [0.15, 0.2) is 0 Å². The van der Waals surface area contributed by atoms with E-state index in [0.717, 1.165) is 11.3 Å². The van der Waals surface area contributed by atoms with Gasteiger partial charge in [0.25, 0.3) is 5.91 Å². The maximum atomic E-state index is 13.0. The number of rotatable bonds is 7. The zero-order valence-electron chi connectivity index (χ0n) is 18.1. The van der Waals surface area contributed by atoms with Crippen LogP contribution in [0.1, 0.15) is 22.8 Å². The quantitative estimate of drug-likeness (QED) is 0.674. The maximum Gasteiger partial charge on any atom is 0.409 e. The Kier molecular flexibility index (Phi) is 7.59. The standard InChI is InChI=1S/C23H28N2O6/c1-4-30-23(27)25-13-11-24(12-14-25)22(26)17-5-10-21(29-3)18(15-17)16-31-20-8-6-19(28-2)7-9-20/h5-10,15H,4,11-14,16H2,1-3H3. The molecule has 1 saturated heterocycles. The van der Waals surface area contributed by atoms with Gasteiger partial charge in [0, 0.05) is 37.3 Å². The predicted molar refractivity (Wildman–Crippen MR) is 115 cm³/mol. The van der Waals surface area contributed by atoms with E-state index in [1.54, 1.807) is 49.1 Å². The molecule has 0 aliphatic carbocycles. The van der Waals surface area contributed by atoms with Crippen LogP contribution in [-0.2, 0) is 11.3 Å². The van der Waals surface area contributed by atoms with Gasteiger partial charge in [-0.05, 0) is 49.4 Å². The highest BCUT2D eigenvalue weighted by Crippen LogP contribution is 2.24. The smallest absolute Gasteiger partial charge is 0.409 e. The minimum absolute atomic E-state index is 0.0862. The molecule has 0 spiro atoms. The summed E-state index contributed by atoms with van der Waals surface area (Å²) in [7, 11) is 3.20. The van der Waals surface area contributed by atoms with Crippen LogP contribution in [0.2, 0.25) is 0 Å². The summed E-state index contributed by atoms with van der Waals surface area (Å²) in [6.07, 6.45) is -0.336. The molecule has 0 saturated carbocycles. The number of piperazine rings is 1. The Morgan fingerprint density at radius 1 is 0.871 bits per heavy atom. The van der Waals surface area contributed by atoms with Gasteiger partial charge >= 0.3 is 6.09 Å². The van der Waals surface area contributed by atoms with Gasteiger partial charge in [0.2, 0.25) is 0 Å². The molecule has 0 aromatic heterocycles. The summed E-state index contributed by atoms with van der Waals surface area (Å²) < 4.78 is 21.5. The van der Waals surface area contributed by atoms with Crippen LogP contribution >= 0.6 is 0 Å². The zero-order chi connectivity index (χ0) is 22.2. The number of amides is 2. The van der Waals surface area contributed by atoms with E-state index in [2.05, 4.69) is 0 Å². The lowest BCUT2D eigenvalue weighted by Gasteiger charge is -2.34. The van der Waals surface area contributed by atoms with Crippen LogP contribution in [0.3, 0.4) is 0 Å². The molecule has 2 amide bonds. The number of nitrogens with zero attached hydrogens (tertiary/aromatic N) is 2. The van der Waals surface area contributed by atoms with E-state index in [1.165, 1.54) is 0 Å². The van der Waals surface area contributed by atoms with Crippen molar-refractivity contribution in [2.75, 3.05) is 47.0 Å². The van der Waals surface area contributed by atoms with Gasteiger partial charge < -0.3 is 28.7 Å². The summed E-state index contributed by atoms with van der Waals surface area (Å²) in [4.78, 5) is 28.2. The summed E-state index contributed by atoms with van der Waals surface area (Å²) in [6, 6.07) is 12.6. The third kappa shape index (κ3) is 5.59. The van der Waals surface area contributed by atoms with Crippen LogP contribution < -0.4 is 14.2 Å². The molecule has 3 rings (SSSR count). The molecule has 0 atom stereocenters. The summed E-state index contributed by atoms with van der Waals surface area (Å²) in [5.74, 6) is 2.00. The fourth-order valence-electron chi connectivity index (χ4n) is 3.35. The number of hydrogen-bond acceptors (Lipinski definition) is 6. The summed E-state index contributed by atoms with van der Waals surface area (Å²) >= 11 is 0. The normalized spacial score (nSPS) is 13.5. The van der Waals surface area contributed by atoms with Crippen molar-refractivity contribution in [2.24, 2.45) is 0 Å². The van der Waals surface area contributed by atoms with E-state index < -0.39 is 0 Å². The van der Waals surface area contributed by atoms with Crippen molar-refractivity contribution >= 4 is 12.0 Å². The molecule has 31 heavy (non-hydrogen) atoms. The van der Waals surface area contributed by atoms with Crippen LogP contribution in [0.4, 0.5) is 4.79 Å². The Hall–Kier alpha value is -3.42. The Bertz CT molecular complexity index is 891. The molecular weight excluding hydrogens is 400 g/mol. The van der Waals surface area contributed by atoms with Crippen molar-refractivity contribution in [3.63, 3.8) is 0 Å². The highest BCUT2D eigenvalue weighted by atomic mass is 16.6. The van der Waals surface area contributed by atoms with E-state index >= 15 is 0 Å². The Morgan fingerprint density at radius 3 is 2.13 bits per heavy atom. The van der Waals surface area contributed by atoms with Crippen LogP contribution in [0.5, 0.6) is 17.2 Å². The van der Waals surface area contributed by atoms with Gasteiger partial charge in [-0.15, -0.1) is 0 Å². The predicted octanol–water partition coefficient (Wildman–Crippen LogP) is 3.20. The fraction of sp³-hybridized carbons (Fsp3) is 0.391. The van der Waals surface area contributed by atoms with Crippen molar-refractivity contribution in [3.8, 4) is 17.2 Å². The minimum atomic E-state index is -0.336. The molecule has 0 radical (unpaired) electrons. The van der Waals surface area contributed by atoms with E-state index in [1.807, 2.05) is 24.3 Å². The molecule has 2 aromatic carbocycles. The first kappa shape index (κ1) is 22.3. The molecule has 1 fully saturated rings. The molecule has 0 unspecified atom stereocenters. The Labute approximate surface area is 182 Å². The molecule has 1 aliphatic heterocycles. The van der Waals surface area contributed by atoms with Crippen LogP contribution in [-0.4, -0.2) is 68.8 Å². The molecule has 8 heteroatoms. The summed E-state index contributed by atoms with van der Waals surface area (Å²) in [6.45, 7) is 4.20. The number of carbonyl (C=O) groups excluding carboxylic acids is 2. The zero-order valence-corrected chi connectivity index (χ0v) is 18.1. The van der Waals surface area contributed by atoms with E-state index in [0.29, 0.717) is 49.8 Å². The average Bonchev–Trinajstić information content (AvgIpc) is 2.82. The first-order chi connectivity index (χ1) is 15.0. The second-order valence-electron chi connectivity index (χ2n) is 6.97. The second-order valence-corrected chi connectivity index (χ2v) is 6.97. The Morgan fingerprint density at radius 2 is 1.52 bits per heavy atom.